The highest BCUT2D eigenvalue weighted by atomic mass is 32.1. The van der Waals surface area contributed by atoms with E-state index in [1.807, 2.05) is 43.3 Å². The minimum absolute atomic E-state index is 0.0337. The first kappa shape index (κ1) is 21.6. The maximum atomic E-state index is 13.3. The number of oxazole rings is 1. The van der Waals surface area contributed by atoms with Gasteiger partial charge in [-0.15, -0.1) is 11.3 Å². The molecule has 0 saturated carbocycles. The van der Waals surface area contributed by atoms with Crippen LogP contribution in [-0.4, -0.2) is 41.0 Å². The highest BCUT2D eigenvalue weighted by Crippen LogP contribution is 2.39. The van der Waals surface area contributed by atoms with E-state index < -0.39 is 0 Å². The van der Waals surface area contributed by atoms with E-state index >= 15 is 0 Å². The van der Waals surface area contributed by atoms with Gasteiger partial charge in [0.15, 0.2) is 5.58 Å². The van der Waals surface area contributed by atoms with Gasteiger partial charge >= 0.3 is 5.76 Å². The molecule has 2 aromatic carbocycles. The number of allylic oxidation sites excluding steroid dienone is 2. The minimum Gasteiger partial charge on any atom is -0.408 e. The van der Waals surface area contributed by atoms with E-state index in [1.54, 1.807) is 28.0 Å². The maximum absolute atomic E-state index is 13.3. The van der Waals surface area contributed by atoms with Crippen molar-refractivity contribution in [2.24, 2.45) is 5.92 Å². The summed E-state index contributed by atoms with van der Waals surface area (Å²) in [5, 5.41) is 4.08. The van der Waals surface area contributed by atoms with E-state index in [4.69, 9.17) is 9.40 Å². The van der Waals surface area contributed by atoms with Gasteiger partial charge in [0.05, 0.1) is 26.7 Å². The summed E-state index contributed by atoms with van der Waals surface area (Å²) in [4.78, 5) is 32.4. The maximum Gasteiger partial charge on any atom is 0.419 e. The van der Waals surface area contributed by atoms with E-state index in [1.165, 1.54) is 0 Å². The van der Waals surface area contributed by atoms with Crippen molar-refractivity contribution >= 4 is 44.2 Å². The second-order valence-electron chi connectivity index (χ2n) is 8.67. The fraction of sp³-hybridized carbons (Fsp3) is 0.320. The summed E-state index contributed by atoms with van der Waals surface area (Å²) in [6, 6.07) is 13.4. The molecule has 2 aromatic heterocycles. The molecule has 4 aromatic rings. The van der Waals surface area contributed by atoms with Crippen molar-refractivity contribution in [2.75, 3.05) is 26.0 Å². The van der Waals surface area contributed by atoms with Crippen LogP contribution in [-0.2, 0) is 11.3 Å². The van der Waals surface area contributed by atoms with Gasteiger partial charge in [0.1, 0.15) is 0 Å². The van der Waals surface area contributed by atoms with Gasteiger partial charge in [-0.2, -0.15) is 0 Å². The Balaban J connectivity index is 1.40. The Hall–Kier alpha value is -3.23. The summed E-state index contributed by atoms with van der Waals surface area (Å²) in [7, 11) is 3.92. The molecule has 0 fully saturated rings. The number of carbonyl (C=O) groups excluding carboxylic acids is 1. The highest BCUT2D eigenvalue weighted by molar-refractivity contribution is 7.18. The second-order valence-corrected chi connectivity index (χ2v) is 9.73. The van der Waals surface area contributed by atoms with Gasteiger partial charge in [0.25, 0.3) is 0 Å². The Morgan fingerprint density at radius 1 is 1.21 bits per heavy atom. The monoisotopic (exact) mass is 462 g/mol. The Bertz CT molecular complexity index is 1360. The zero-order chi connectivity index (χ0) is 22.9. The number of hydrogen-bond donors (Lipinski definition) is 1. The lowest BCUT2D eigenvalue weighted by Crippen LogP contribution is -2.29. The van der Waals surface area contributed by atoms with Gasteiger partial charge in [-0.1, -0.05) is 24.3 Å². The molecule has 0 saturated heterocycles. The molecule has 2 atom stereocenters. The number of amides is 1. The van der Waals surface area contributed by atoms with Gasteiger partial charge in [-0.05, 0) is 57.3 Å². The highest BCUT2D eigenvalue weighted by Gasteiger charge is 2.32. The van der Waals surface area contributed by atoms with Crippen LogP contribution in [0, 0.1) is 5.92 Å². The van der Waals surface area contributed by atoms with Crippen molar-refractivity contribution in [2.45, 2.75) is 25.3 Å². The number of aromatic nitrogens is 2. The van der Waals surface area contributed by atoms with Crippen LogP contribution in [0.1, 0.15) is 23.8 Å². The first-order chi connectivity index (χ1) is 16.0. The zero-order valence-electron chi connectivity index (χ0n) is 18.7. The molecular weight excluding hydrogens is 436 g/mol. The summed E-state index contributed by atoms with van der Waals surface area (Å²) in [5.74, 6) is -0.577. The van der Waals surface area contributed by atoms with Crippen LogP contribution in [0.2, 0.25) is 0 Å². The van der Waals surface area contributed by atoms with Crippen LogP contribution in [0.25, 0.3) is 21.3 Å². The van der Waals surface area contributed by atoms with E-state index in [0.717, 1.165) is 21.6 Å². The number of anilines is 1. The summed E-state index contributed by atoms with van der Waals surface area (Å²) in [5.41, 5.74) is 2.84. The number of nitrogens with zero attached hydrogens (tertiary/aromatic N) is 3. The standard InChI is InChI=1S/C25H26N4O3S/c1-28(2)13-14-29-20-15-16(11-12-21(20)32-25(29)31)26-23(30)17-7-3-4-8-18(17)24-27-19-9-5-6-10-22(19)33-24/h3-6,9-12,15,17-18H,7-8,13-14H2,1-2H3,(H,26,30). The summed E-state index contributed by atoms with van der Waals surface area (Å²) in [6.45, 7) is 1.23. The van der Waals surface area contributed by atoms with Crippen molar-refractivity contribution < 1.29 is 9.21 Å². The minimum atomic E-state index is -0.386. The van der Waals surface area contributed by atoms with Crippen molar-refractivity contribution in [3.63, 3.8) is 0 Å². The average molecular weight is 463 g/mol. The average Bonchev–Trinajstić information content (AvgIpc) is 3.37. The SMILES string of the molecule is CN(C)CCn1c(=O)oc2ccc(NC(=O)C3CC=CCC3c3nc4ccccc4s3)cc21. The molecule has 1 aliphatic carbocycles. The fourth-order valence-electron chi connectivity index (χ4n) is 4.31. The predicted octanol–water partition coefficient (Wildman–Crippen LogP) is 4.45. The van der Waals surface area contributed by atoms with Gasteiger partial charge in [0.2, 0.25) is 5.91 Å². The first-order valence-electron chi connectivity index (χ1n) is 11.1. The second kappa shape index (κ2) is 8.96. The fourth-order valence-corrected chi connectivity index (χ4v) is 5.46. The van der Waals surface area contributed by atoms with Crippen LogP contribution in [0.4, 0.5) is 5.69 Å². The molecular formula is C25H26N4O3S. The molecule has 8 heteroatoms. The Labute approximate surface area is 195 Å². The molecule has 2 unspecified atom stereocenters. The topological polar surface area (TPSA) is 80.4 Å². The van der Waals surface area contributed by atoms with Gasteiger partial charge in [-0.25, -0.2) is 9.78 Å². The summed E-state index contributed by atoms with van der Waals surface area (Å²) in [6.07, 6.45) is 5.68. The molecule has 0 spiro atoms. The van der Waals surface area contributed by atoms with Crippen LogP contribution in [0.5, 0.6) is 0 Å². The van der Waals surface area contributed by atoms with Crippen LogP contribution < -0.4 is 11.1 Å². The van der Waals surface area contributed by atoms with Gasteiger partial charge in [-0.3, -0.25) is 9.36 Å². The molecule has 1 amide bonds. The zero-order valence-corrected chi connectivity index (χ0v) is 19.5. The third kappa shape index (κ3) is 4.36. The van der Waals surface area contributed by atoms with E-state index in [9.17, 15) is 9.59 Å². The molecule has 7 nitrogen and oxygen atoms in total. The third-order valence-corrected chi connectivity index (χ3v) is 7.27. The Morgan fingerprint density at radius 2 is 2.03 bits per heavy atom. The molecule has 1 N–H and O–H groups in total. The molecule has 33 heavy (non-hydrogen) atoms. The van der Waals surface area contributed by atoms with E-state index in [0.29, 0.717) is 36.3 Å². The number of fused-ring (bicyclic) bond motifs is 2. The van der Waals surface area contributed by atoms with Crippen molar-refractivity contribution in [1.82, 2.24) is 14.5 Å². The Morgan fingerprint density at radius 3 is 2.85 bits per heavy atom. The quantitative estimate of drug-likeness (QED) is 0.428. The molecule has 1 aliphatic rings. The smallest absolute Gasteiger partial charge is 0.408 e. The van der Waals surface area contributed by atoms with Crippen LogP contribution in [0.15, 0.2) is 63.8 Å². The number of benzene rings is 2. The first-order valence-corrected chi connectivity index (χ1v) is 11.9. The number of nitrogens with one attached hydrogen (secondary N) is 1. The largest absolute Gasteiger partial charge is 0.419 e. The molecule has 0 aliphatic heterocycles. The third-order valence-electron chi connectivity index (χ3n) is 6.10. The van der Waals surface area contributed by atoms with Crippen LogP contribution >= 0.6 is 11.3 Å². The van der Waals surface area contributed by atoms with Gasteiger partial charge < -0.3 is 14.6 Å². The number of hydrogen-bond acceptors (Lipinski definition) is 6. The lowest BCUT2D eigenvalue weighted by molar-refractivity contribution is -0.120. The normalized spacial score (nSPS) is 18.4. The molecule has 5 rings (SSSR count). The predicted molar refractivity (Wildman–Crippen MR) is 132 cm³/mol. The van der Waals surface area contributed by atoms with E-state index in [-0.39, 0.29) is 23.5 Å². The van der Waals surface area contributed by atoms with Gasteiger partial charge in [0, 0.05) is 24.7 Å². The van der Waals surface area contributed by atoms with Crippen molar-refractivity contribution in [3.8, 4) is 0 Å². The molecule has 0 radical (unpaired) electrons. The lowest BCUT2D eigenvalue weighted by Gasteiger charge is -2.26. The number of thiazole rings is 1. The van der Waals surface area contributed by atoms with Crippen LogP contribution in [0.3, 0.4) is 0 Å². The Kier molecular flexibility index (Phi) is 5.86. The van der Waals surface area contributed by atoms with E-state index in [2.05, 4.69) is 23.5 Å². The number of rotatable bonds is 6. The molecule has 2 heterocycles. The lowest BCUT2D eigenvalue weighted by atomic mass is 9.82. The number of likely N-dealkylation sites (N-methyl/N-ethyl adjacent to an activating group) is 1. The van der Waals surface area contributed by atoms with Crippen molar-refractivity contribution in [1.29, 1.82) is 0 Å². The summed E-state index contributed by atoms with van der Waals surface area (Å²) >= 11 is 1.67. The molecule has 0 bridgehead atoms. The van der Waals surface area contributed by atoms with Crippen molar-refractivity contribution in [3.05, 3.63) is 70.2 Å². The summed E-state index contributed by atoms with van der Waals surface area (Å²) < 4.78 is 8.12. The number of carbonyl (C=O) groups is 1. The molecule has 170 valence electrons. The number of para-hydroxylation sites is 1.